The molecule has 7 nitrogen and oxygen atoms in total. The lowest BCUT2D eigenvalue weighted by atomic mass is 10.1. The van der Waals surface area contributed by atoms with Gasteiger partial charge in [-0.3, -0.25) is 9.59 Å². The summed E-state index contributed by atoms with van der Waals surface area (Å²) in [5.41, 5.74) is 1.12. The maximum absolute atomic E-state index is 12.5. The largest absolute Gasteiger partial charge is 0.493 e. The van der Waals surface area contributed by atoms with Gasteiger partial charge in [-0.05, 0) is 31.4 Å². The second kappa shape index (κ2) is 9.91. The number of carbonyl (C=O) groups is 2. The van der Waals surface area contributed by atoms with Crippen molar-refractivity contribution < 1.29 is 27.5 Å². The molecule has 0 aliphatic carbocycles. The van der Waals surface area contributed by atoms with E-state index in [2.05, 4.69) is 0 Å². The summed E-state index contributed by atoms with van der Waals surface area (Å²) in [5.74, 6) is 0.0398. The zero-order valence-corrected chi connectivity index (χ0v) is 17.5. The lowest BCUT2D eigenvalue weighted by molar-refractivity contribution is -0.153. The van der Waals surface area contributed by atoms with E-state index in [9.17, 15) is 18.0 Å². The second-order valence-electron chi connectivity index (χ2n) is 7.57. The summed E-state index contributed by atoms with van der Waals surface area (Å²) >= 11 is 0. The highest BCUT2D eigenvalue weighted by atomic mass is 32.2. The van der Waals surface area contributed by atoms with E-state index < -0.39 is 15.8 Å². The monoisotopic (exact) mass is 411 g/mol. The van der Waals surface area contributed by atoms with Crippen LogP contribution in [0.2, 0.25) is 0 Å². The summed E-state index contributed by atoms with van der Waals surface area (Å²) in [4.78, 5) is 26.0. The van der Waals surface area contributed by atoms with E-state index in [-0.39, 0.29) is 49.0 Å². The maximum atomic E-state index is 12.5. The number of ether oxygens (including phenoxy) is 2. The number of aryl methyl sites for hydroxylation is 1. The number of benzene rings is 1. The van der Waals surface area contributed by atoms with E-state index in [1.165, 1.54) is 0 Å². The van der Waals surface area contributed by atoms with Gasteiger partial charge in [0.05, 0.1) is 24.5 Å². The molecule has 1 aliphatic heterocycles. The molecular weight excluding hydrogens is 382 g/mol. The standard InChI is InChI=1S/C20H29NO6S/c1-15(2)12-21(17-9-11-28(24,25)14-17)19(22)13-27-20(23)8-10-26-18-6-4-16(3)5-7-18/h4-7,15,17H,8-14H2,1-3H3. The van der Waals surface area contributed by atoms with E-state index in [4.69, 9.17) is 9.47 Å². The molecule has 2 rings (SSSR count). The van der Waals surface area contributed by atoms with Crippen molar-refractivity contribution in [3.05, 3.63) is 29.8 Å². The van der Waals surface area contributed by atoms with Gasteiger partial charge in [0.2, 0.25) is 0 Å². The van der Waals surface area contributed by atoms with Crippen LogP contribution in [-0.2, 0) is 24.2 Å². The molecule has 0 aromatic heterocycles. The zero-order chi connectivity index (χ0) is 20.7. The second-order valence-corrected chi connectivity index (χ2v) is 9.80. The number of amides is 1. The Morgan fingerprint density at radius 3 is 2.46 bits per heavy atom. The van der Waals surface area contributed by atoms with Gasteiger partial charge in [-0.2, -0.15) is 0 Å². The van der Waals surface area contributed by atoms with Crippen molar-refractivity contribution in [1.82, 2.24) is 4.90 Å². The van der Waals surface area contributed by atoms with Crippen LogP contribution in [0, 0.1) is 12.8 Å². The Balaban J connectivity index is 1.79. The summed E-state index contributed by atoms with van der Waals surface area (Å²) in [5, 5.41) is 0. The Kier molecular flexibility index (Phi) is 7.86. The molecule has 0 N–H and O–H groups in total. The summed E-state index contributed by atoms with van der Waals surface area (Å²) in [6.45, 7) is 6.10. The Labute approximate surface area is 166 Å². The highest BCUT2D eigenvalue weighted by Gasteiger charge is 2.35. The molecule has 1 heterocycles. The van der Waals surface area contributed by atoms with Gasteiger partial charge in [0, 0.05) is 12.6 Å². The normalized spacial score (nSPS) is 18.1. The Hall–Kier alpha value is -2.09. The van der Waals surface area contributed by atoms with Gasteiger partial charge < -0.3 is 14.4 Å². The third-order valence-corrected chi connectivity index (χ3v) is 6.23. The fourth-order valence-electron chi connectivity index (χ4n) is 3.05. The van der Waals surface area contributed by atoms with Crippen molar-refractivity contribution in [3.63, 3.8) is 0 Å². The molecule has 0 saturated carbocycles. The van der Waals surface area contributed by atoms with Crippen LogP contribution in [0.5, 0.6) is 5.75 Å². The first-order valence-corrected chi connectivity index (χ1v) is 11.3. The first-order valence-electron chi connectivity index (χ1n) is 9.51. The summed E-state index contributed by atoms with van der Waals surface area (Å²) in [7, 11) is -3.10. The molecule has 1 saturated heterocycles. The highest BCUT2D eigenvalue weighted by molar-refractivity contribution is 7.91. The predicted molar refractivity (Wildman–Crippen MR) is 106 cm³/mol. The summed E-state index contributed by atoms with van der Waals surface area (Å²) < 4.78 is 34.0. The van der Waals surface area contributed by atoms with Crippen LogP contribution in [0.1, 0.15) is 32.3 Å². The highest BCUT2D eigenvalue weighted by Crippen LogP contribution is 2.19. The number of esters is 1. The molecule has 1 amide bonds. The van der Waals surface area contributed by atoms with Crippen molar-refractivity contribution in [2.75, 3.05) is 31.3 Å². The average molecular weight is 412 g/mol. The molecule has 0 radical (unpaired) electrons. The van der Waals surface area contributed by atoms with Crippen LogP contribution in [0.3, 0.4) is 0 Å². The predicted octanol–water partition coefficient (Wildman–Crippen LogP) is 1.98. The molecule has 156 valence electrons. The van der Waals surface area contributed by atoms with Gasteiger partial charge in [-0.15, -0.1) is 0 Å². The molecule has 1 fully saturated rings. The average Bonchev–Trinajstić information content (AvgIpc) is 2.98. The Morgan fingerprint density at radius 2 is 1.89 bits per heavy atom. The molecule has 1 unspecified atom stereocenters. The Bertz CT molecular complexity index is 772. The molecule has 1 atom stereocenters. The molecule has 1 aliphatic rings. The first kappa shape index (κ1) is 22.2. The fourth-order valence-corrected chi connectivity index (χ4v) is 4.78. The molecule has 1 aromatic carbocycles. The van der Waals surface area contributed by atoms with E-state index >= 15 is 0 Å². The van der Waals surface area contributed by atoms with Gasteiger partial charge in [-0.1, -0.05) is 31.5 Å². The van der Waals surface area contributed by atoms with Crippen LogP contribution < -0.4 is 4.74 Å². The molecule has 1 aromatic rings. The Morgan fingerprint density at radius 1 is 1.21 bits per heavy atom. The molecule has 8 heteroatoms. The van der Waals surface area contributed by atoms with Gasteiger partial charge in [0.25, 0.3) is 5.91 Å². The summed E-state index contributed by atoms with van der Waals surface area (Å²) in [6.07, 6.45) is 0.461. The van der Waals surface area contributed by atoms with Crippen LogP contribution in [0.15, 0.2) is 24.3 Å². The molecule has 0 spiro atoms. The van der Waals surface area contributed by atoms with Gasteiger partial charge in [0.15, 0.2) is 16.4 Å². The van der Waals surface area contributed by atoms with Crippen molar-refractivity contribution in [3.8, 4) is 5.75 Å². The van der Waals surface area contributed by atoms with Crippen molar-refractivity contribution in [2.45, 2.75) is 39.7 Å². The SMILES string of the molecule is Cc1ccc(OCCC(=O)OCC(=O)N(CC(C)C)C2CCS(=O)(=O)C2)cc1. The fraction of sp³-hybridized carbons (Fsp3) is 0.600. The zero-order valence-electron chi connectivity index (χ0n) is 16.7. The van der Waals surface area contributed by atoms with Gasteiger partial charge >= 0.3 is 5.97 Å². The third kappa shape index (κ3) is 7.14. The van der Waals surface area contributed by atoms with Crippen molar-refractivity contribution in [1.29, 1.82) is 0 Å². The third-order valence-electron chi connectivity index (χ3n) is 4.48. The van der Waals surface area contributed by atoms with Crippen LogP contribution in [0.25, 0.3) is 0 Å². The van der Waals surface area contributed by atoms with E-state index in [0.717, 1.165) is 5.56 Å². The lowest BCUT2D eigenvalue weighted by Crippen LogP contribution is -2.45. The van der Waals surface area contributed by atoms with Gasteiger partial charge in [0.1, 0.15) is 5.75 Å². The lowest BCUT2D eigenvalue weighted by Gasteiger charge is -2.29. The summed E-state index contributed by atoms with van der Waals surface area (Å²) in [6, 6.07) is 7.13. The number of hydrogen-bond acceptors (Lipinski definition) is 6. The van der Waals surface area contributed by atoms with Gasteiger partial charge in [-0.25, -0.2) is 8.42 Å². The number of rotatable bonds is 9. The van der Waals surface area contributed by atoms with Crippen molar-refractivity contribution in [2.24, 2.45) is 5.92 Å². The van der Waals surface area contributed by atoms with E-state index in [1.807, 2.05) is 45.0 Å². The number of sulfone groups is 1. The maximum Gasteiger partial charge on any atom is 0.309 e. The number of nitrogens with zero attached hydrogens (tertiary/aromatic N) is 1. The topological polar surface area (TPSA) is 90.0 Å². The molecule has 28 heavy (non-hydrogen) atoms. The number of carbonyl (C=O) groups excluding carboxylic acids is 2. The van der Waals surface area contributed by atoms with E-state index in [0.29, 0.717) is 18.7 Å². The first-order chi connectivity index (χ1) is 13.2. The van der Waals surface area contributed by atoms with Crippen LogP contribution >= 0.6 is 0 Å². The molecule has 0 bridgehead atoms. The van der Waals surface area contributed by atoms with Crippen LogP contribution in [-0.4, -0.2) is 62.5 Å². The smallest absolute Gasteiger partial charge is 0.309 e. The minimum atomic E-state index is -3.10. The van der Waals surface area contributed by atoms with E-state index in [1.54, 1.807) is 4.90 Å². The minimum absolute atomic E-state index is 0.0240. The van der Waals surface area contributed by atoms with Crippen LogP contribution in [0.4, 0.5) is 0 Å². The molecular formula is C20H29NO6S. The number of hydrogen-bond donors (Lipinski definition) is 0. The quantitative estimate of drug-likeness (QED) is 0.577. The minimum Gasteiger partial charge on any atom is -0.493 e. The van der Waals surface area contributed by atoms with Crippen molar-refractivity contribution >= 4 is 21.7 Å².